The number of carbonyl (C=O) groups is 1. The maximum Gasteiger partial charge on any atom is 0.269 e. The predicted molar refractivity (Wildman–Crippen MR) is 82.5 cm³/mol. The number of anilines is 2. The van der Waals surface area contributed by atoms with Gasteiger partial charge in [0, 0.05) is 35.6 Å². The van der Waals surface area contributed by atoms with Gasteiger partial charge in [-0.1, -0.05) is 22.0 Å². The summed E-state index contributed by atoms with van der Waals surface area (Å²) in [5.41, 5.74) is 3.95. The van der Waals surface area contributed by atoms with Crippen molar-refractivity contribution in [2.24, 2.45) is 0 Å². The van der Waals surface area contributed by atoms with E-state index in [1.807, 2.05) is 12.1 Å². The van der Waals surface area contributed by atoms with E-state index >= 15 is 0 Å². The second kappa shape index (κ2) is 5.25. The fourth-order valence-electron chi connectivity index (χ4n) is 2.46. The largest absolute Gasteiger partial charge is 0.354 e. The molecule has 0 atom stereocenters. The van der Waals surface area contributed by atoms with E-state index < -0.39 is 0 Å². The zero-order chi connectivity index (χ0) is 14.1. The first-order chi connectivity index (χ1) is 9.69. The number of aromatic nitrogens is 1. The summed E-state index contributed by atoms with van der Waals surface area (Å²) in [4.78, 5) is 18.0. The Labute approximate surface area is 126 Å². The minimum atomic E-state index is -0.166. The van der Waals surface area contributed by atoms with Gasteiger partial charge in [-0.05, 0) is 36.2 Å². The lowest BCUT2D eigenvalue weighted by Gasteiger charge is -2.20. The van der Waals surface area contributed by atoms with Crippen LogP contribution in [-0.4, -0.2) is 24.5 Å². The van der Waals surface area contributed by atoms with Crippen LogP contribution in [0.25, 0.3) is 0 Å². The molecule has 0 aliphatic carbocycles. The van der Waals surface area contributed by atoms with E-state index in [9.17, 15) is 4.79 Å². The molecule has 0 unspecified atom stereocenters. The van der Waals surface area contributed by atoms with Crippen LogP contribution in [0.1, 0.15) is 16.1 Å². The zero-order valence-corrected chi connectivity index (χ0v) is 12.6. The molecular weight excluding hydrogens is 318 g/mol. The van der Waals surface area contributed by atoms with E-state index in [-0.39, 0.29) is 5.91 Å². The van der Waals surface area contributed by atoms with Crippen molar-refractivity contribution < 1.29 is 4.79 Å². The third-order valence-electron chi connectivity index (χ3n) is 3.46. The van der Waals surface area contributed by atoms with Crippen molar-refractivity contribution in [3.05, 3.63) is 52.3 Å². The van der Waals surface area contributed by atoms with Crippen molar-refractivity contribution in [3.8, 4) is 0 Å². The molecule has 3 rings (SSSR count). The van der Waals surface area contributed by atoms with Gasteiger partial charge >= 0.3 is 0 Å². The second-order valence-corrected chi connectivity index (χ2v) is 5.57. The summed E-state index contributed by atoms with van der Waals surface area (Å²) in [7, 11) is 1.61. The number of carbonyl (C=O) groups excluding carboxylic acids is 1. The van der Waals surface area contributed by atoms with Gasteiger partial charge in [0.2, 0.25) is 0 Å². The van der Waals surface area contributed by atoms with Crippen LogP contribution in [-0.2, 0) is 6.42 Å². The molecule has 20 heavy (non-hydrogen) atoms. The van der Waals surface area contributed by atoms with Crippen molar-refractivity contribution >= 4 is 33.2 Å². The minimum absolute atomic E-state index is 0.166. The summed E-state index contributed by atoms with van der Waals surface area (Å²) in [6.07, 6.45) is 2.69. The average Bonchev–Trinajstić information content (AvgIpc) is 2.89. The highest BCUT2D eigenvalue weighted by molar-refractivity contribution is 9.10. The van der Waals surface area contributed by atoms with Gasteiger partial charge in [-0.25, -0.2) is 0 Å². The molecule has 0 fully saturated rings. The van der Waals surface area contributed by atoms with Gasteiger partial charge in [-0.15, -0.1) is 0 Å². The molecule has 0 saturated carbocycles. The zero-order valence-electron chi connectivity index (χ0n) is 11.1. The molecule has 1 aliphatic rings. The Morgan fingerprint density at radius 1 is 1.35 bits per heavy atom. The number of halogens is 1. The summed E-state index contributed by atoms with van der Waals surface area (Å²) in [6, 6.07) is 10.1. The number of hydrogen-bond acceptors (Lipinski definition) is 3. The van der Waals surface area contributed by atoms with Crippen molar-refractivity contribution in [3.63, 3.8) is 0 Å². The molecule has 5 heteroatoms. The Kier molecular flexibility index (Phi) is 3.44. The smallest absolute Gasteiger partial charge is 0.269 e. The highest BCUT2D eigenvalue weighted by Crippen LogP contribution is 2.36. The maximum absolute atomic E-state index is 11.7. The van der Waals surface area contributed by atoms with Crippen LogP contribution >= 0.6 is 15.9 Å². The minimum Gasteiger partial charge on any atom is -0.354 e. The van der Waals surface area contributed by atoms with Crippen molar-refractivity contribution in [1.29, 1.82) is 0 Å². The molecule has 0 saturated heterocycles. The fraction of sp³-hybridized carbons (Fsp3) is 0.200. The predicted octanol–water partition coefficient (Wildman–Crippen LogP) is 2.90. The number of nitrogens with one attached hydrogen (secondary N) is 1. The summed E-state index contributed by atoms with van der Waals surface area (Å²) in [5, 5.41) is 2.60. The van der Waals surface area contributed by atoms with E-state index in [1.54, 1.807) is 13.2 Å². The molecular formula is C15H14BrN3O. The Balaban J connectivity index is 2.00. The van der Waals surface area contributed by atoms with E-state index in [0.29, 0.717) is 5.69 Å². The van der Waals surface area contributed by atoms with Crippen LogP contribution in [0.2, 0.25) is 0 Å². The molecule has 1 aromatic heterocycles. The molecule has 4 nitrogen and oxygen atoms in total. The van der Waals surface area contributed by atoms with Gasteiger partial charge < -0.3 is 10.2 Å². The monoisotopic (exact) mass is 331 g/mol. The quantitative estimate of drug-likeness (QED) is 0.920. The molecule has 0 spiro atoms. The number of rotatable bonds is 2. The first-order valence-electron chi connectivity index (χ1n) is 6.43. The fourth-order valence-corrected chi connectivity index (χ4v) is 2.81. The van der Waals surface area contributed by atoms with Crippen LogP contribution < -0.4 is 10.2 Å². The van der Waals surface area contributed by atoms with Crippen molar-refractivity contribution in [2.75, 3.05) is 18.5 Å². The first kappa shape index (κ1) is 13.1. The van der Waals surface area contributed by atoms with E-state index in [0.717, 1.165) is 23.1 Å². The van der Waals surface area contributed by atoms with Crippen LogP contribution in [0.5, 0.6) is 0 Å². The standard InChI is InChI=1S/C15H14BrN3O/c1-17-15(20)13-9-12(4-6-18-13)19-7-5-10-2-3-11(16)8-14(10)19/h2-4,6,8-9H,5,7H2,1H3,(H,17,20). The lowest BCUT2D eigenvalue weighted by atomic mass is 10.2. The van der Waals surface area contributed by atoms with Gasteiger partial charge in [0.1, 0.15) is 5.69 Å². The Morgan fingerprint density at radius 2 is 2.20 bits per heavy atom. The van der Waals surface area contributed by atoms with Crippen LogP contribution in [0.15, 0.2) is 41.0 Å². The molecule has 0 radical (unpaired) electrons. The van der Waals surface area contributed by atoms with Gasteiger partial charge in [-0.2, -0.15) is 0 Å². The highest BCUT2D eigenvalue weighted by Gasteiger charge is 2.21. The highest BCUT2D eigenvalue weighted by atomic mass is 79.9. The Bertz CT molecular complexity index is 672. The van der Waals surface area contributed by atoms with Crippen molar-refractivity contribution in [1.82, 2.24) is 10.3 Å². The SMILES string of the molecule is CNC(=O)c1cc(N2CCc3ccc(Br)cc32)ccn1. The Hall–Kier alpha value is -1.88. The maximum atomic E-state index is 11.7. The van der Waals surface area contributed by atoms with Crippen LogP contribution in [0, 0.1) is 0 Å². The molecule has 2 aromatic rings. The average molecular weight is 332 g/mol. The van der Waals surface area contributed by atoms with E-state index in [1.165, 1.54) is 11.3 Å². The molecule has 1 aliphatic heterocycles. The molecule has 1 N–H and O–H groups in total. The molecule has 102 valence electrons. The Morgan fingerprint density at radius 3 is 3.00 bits per heavy atom. The van der Waals surface area contributed by atoms with E-state index in [4.69, 9.17) is 0 Å². The molecule has 2 heterocycles. The van der Waals surface area contributed by atoms with Gasteiger partial charge in [-0.3, -0.25) is 9.78 Å². The molecule has 1 aromatic carbocycles. The summed E-state index contributed by atoms with van der Waals surface area (Å²) >= 11 is 3.51. The normalized spacial score (nSPS) is 13.2. The van der Waals surface area contributed by atoms with Gasteiger partial charge in [0.05, 0.1) is 0 Å². The number of nitrogens with zero attached hydrogens (tertiary/aromatic N) is 2. The summed E-state index contributed by atoms with van der Waals surface area (Å²) in [5.74, 6) is -0.166. The van der Waals surface area contributed by atoms with Crippen molar-refractivity contribution in [2.45, 2.75) is 6.42 Å². The molecule has 0 bridgehead atoms. The molecule has 1 amide bonds. The topological polar surface area (TPSA) is 45.2 Å². The summed E-state index contributed by atoms with van der Waals surface area (Å²) in [6.45, 7) is 0.920. The number of amides is 1. The van der Waals surface area contributed by atoms with Gasteiger partial charge in [0.15, 0.2) is 0 Å². The third-order valence-corrected chi connectivity index (χ3v) is 3.95. The van der Waals surface area contributed by atoms with E-state index in [2.05, 4.69) is 49.3 Å². The lowest BCUT2D eigenvalue weighted by molar-refractivity contribution is 0.0958. The van der Waals surface area contributed by atoms with Crippen LogP contribution in [0.4, 0.5) is 11.4 Å². The third kappa shape index (κ3) is 2.29. The first-order valence-corrected chi connectivity index (χ1v) is 7.22. The van der Waals surface area contributed by atoms with Gasteiger partial charge in [0.25, 0.3) is 5.91 Å². The number of benzene rings is 1. The number of pyridine rings is 1. The van der Waals surface area contributed by atoms with Crippen LogP contribution in [0.3, 0.4) is 0 Å². The lowest BCUT2D eigenvalue weighted by Crippen LogP contribution is -2.20. The number of fused-ring (bicyclic) bond motifs is 1. The summed E-state index contributed by atoms with van der Waals surface area (Å²) < 4.78 is 1.06. The second-order valence-electron chi connectivity index (χ2n) is 4.65. The number of hydrogen-bond donors (Lipinski definition) is 1.